The van der Waals surface area contributed by atoms with E-state index >= 15 is 0 Å². The maximum Gasteiger partial charge on any atom is 0.207 e. The fourth-order valence-corrected chi connectivity index (χ4v) is 4.04. The van der Waals surface area contributed by atoms with Crippen LogP contribution in [-0.4, -0.2) is 24.4 Å². The summed E-state index contributed by atoms with van der Waals surface area (Å²) in [7, 11) is 2.94. The number of hydrogen-bond donors (Lipinski definition) is 2. The van der Waals surface area contributed by atoms with Gasteiger partial charge in [-0.2, -0.15) is 0 Å². The maximum absolute atomic E-state index is 10.6. The van der Waals surface area contributed by atoms with Gasteiger partial charge in [-0.1, -0.05) is 72.6 Å². The molecule has 4 heteroatoms. The number of rotatable bonds is 14. The Labute approximate surface area is 178 Å². The Balaban J connectivity index is 2.49. The fourth-order valence-electron chi connectivity index (χ4n) is 4.04. The summed E-state index contributed by atoms with van der Waals surface area (Å²) in [5.74, 6) is 2.79. The summed E-state index contributed by atoms with van der Waals surface area (Å²) in [5.41, 5.74) is 1.42. The molecular formula is C25H44O4. The van der Waals surface area contributed by atoms with Gasteiger partial charge in [0.05, 0.1) is 14.2 Å². The van der Waals surface area contributed by atoms with E-state index in [2.05, 4.69) is 27.7 Å². The van der Waals surface area contributed by atoms with Crippen molar-refractivity contribution in [1.82, 2.24) is 0 Å². The minimum atomic E-state index is 0.0519. The van der Waals surface area contributed by atoms with Crippen molar-refractivity contribution in [3.05, 3.63) is 11.1 Å². The number of phenolic OH excluding ortho intramolecular Hbond substituents is 2. The minimum absolute atomic E-state index is 0.0519. The van der Waals surface area contributed by atoms with Crippen LogP contribution in [0.4, 0.5) is 0 Å². The molecule has 0 bridgehead atoms. The summed E-state index contributed by atoms with van der Waals surface area (Å²) in [5, 5.41) is 21.0. The number of aromatic hydroxyl groups is 2. The first-order valence-corrected chi connectivity index (χ1v) is 11.4. The molecule has 2 N–H and O–H groups in total. The van der Waals surface area contributed by atoms with Crippen LogP contribution in [0.3, 0.4) is 0 Å². The van der Waals surface area contributed by atoms with Crippen molar-refractivity contribution >= 4 is 0 Å². The highest BCUT2D eigenvalue weighted by Gasteiger charge is 2.23. The Kier molecular flexibility index (Phi) is 11.3. The Hall–Kier alpha value is -1.58. The van der Waals surface area contributed by atoms with Crippen molar-refractivity contribution in [2.75, 3.05) is 14.2 Å². The average molecular weight is 409 g/mol. The van der Waals surface area contributed by atoms with Crippen molar-refractivity contribution in [2.24, 2.45) is 17.8 Å². The summed E-state index contributed by atoms with van der Waals surface area (Å²) in [6.45, 7) is 11.1. The summed E-state index contributed by atoms with van der Waals surface area (Å²) >= 11 is 0. The van der Waals surface area contributed by atoms with Crippen LogP contribution >= 0.6 is 0 Å². The van der Waals surface area contributed by atoms with Crippen molar-refractivity contribution in [2.45, 2.75) is 92.4 Å². The van der Waals surface area contributed by atoms with Gasteiger partial charge in [-0.15, -0.1) is 0 Å². The lowest BCUT2D eigenvalue weighted by Gasteiger charge is -2.19. The largest absolute Gasteiger partial charge is 0.504 e. The lowest BCUT2D eigenvalue weighted by molar-refractivity contribution is 0.313. The minimum Gasteiger partial charge on any atom is -0.504 e. The Morgan fingerprint density at radius 3 is 1.66 bits per heavy atom. The van der Waals surface area contributed by atoms with E-state index in [0.717, 1.165) is 30.2 Å². The van der Waals surface area contributed by atoms with E-state index in [1.807, 2.05) is 6.92 Å². The number of hydrogen-bond acceptors (Lipinski definition) is 4. The van der Waals surface area contributed by atoms with E-state index < -0.39 is 0 Å². The molecule has 3 atom stereocenters. The number of phenols is 2. The molecule has 1 aromatic rings. The van der Waals surface area contributed by atoms with Gasteiger partial charge >= 0.3 is 0 Å². The molecule has 0 aliphatic heterocycles. The van der Waals surface area contributed by atoms with Crippen LogP contribution in [0.2, 0.25) is 0 Å². The molecule has 0 radical (unpaired) electrons. The molecule has 0 aliphatic rings. The fraction of sp³-hybridized carbons (Fsp3) is 0.760. The second-order valence-electron chi connectivity index (χ2n) is 8.99. The zero-order valence-electron chi connectivity index (χ0n) is 19.8. The van der Waals surface area contributed by atoms with E-state index in [1.165, 1.54) is 59.2 Å². The Morgan fingerprint density at radius 1 is 0.724 bits per heavy atom. The SMILES string of the molecule is CC[C@@H](C)CCC[C@H](C)CCC[C@@H](C)CCc1c(C)c(O)c(OC)c(OC)c1O. The molecule has 0 saturated heterocycles. The summed E-state index contributed by atoms with van der Waals surface area (Å²) in [4.78, 5) is 0. The smallest absolute Gasteiger partial charge is 0.207 e. The van der Waals surface area contributed by atoms with Crippen LogP contribution in [0.1, 0.15) is 90.2 Å². The monoisotopic (exact) mass is 408 g/mol. The van der Waals surface area contributed by atoms with Crippen molar-refractivity contribution in [1.29, 1.82) is 0 Å². The van der Waals surface area contributed by atoms with Crippen LogP contribution in [0.5, 0.6) is 23.0 Å². The van der Waals surface area contributed by atoms with Gasteiger partial charge < -0.3 is 19.7 Å². The number of methoxy groups -OCH3 is 2. The Bertz CT molecular complexity index is 612. The quantitative estimate of drug-likeness (QED) is 0.325. The van der Waals surface area contributed by atoms with Crippen LogP contribution < -0.4 is 9.47 Å². The molecular weight excluding hydrogens is 364 g/mol. The second-order valence-corrected chi connectivity index (χ2v) is 8.99. The highest BCUT2D eigenvalue weighted by molar-refractivity contribution is 5.65. The van der Waals surface area contributed by atoms with E-state index in [-0.39, 0.29) is 23.0 Å². The average Bonchev–Trinajstić information content (AvgIpc) is 2.70. The van der Waals surface area contributed by atoms with E-state index in [1.54, 1.807) is 0 Å². The molecule has 0 amide bonds. The standard InChI is InChI=1S/C25H44O4/c1-8-17(2)11-9-12-18(3)13-10-14-19(4)15-16-21-20(5)22(26)24(28-6)25(29-7)23(21)27/h17-19,26-27H,8-16H2,1-7H3/t17-,18+,19-/m1/s1. The summed E-state index contributed by atoms with van der Waals surface area (Å²) < 4.78 is 10.5. The predicted octanol–water partition coefficient (Wildman–Crippen LogP) is 7.01. The Morgan fingerprint density at radius 2 is 1.17 bits per heavy atom. The van der Waals surface area contributed by atoms with E-state index in [4.69, 9.17) is 9.47 Å². The zero-order valence-corrected chi connectivity index (χ0v) is 19.8. The molecule has 0 unspecified atom stereocenters. The van der Waals surface area contributed by atoms with Gasteiger partial charge in [-0.05, 0) is 37.5 Å². The molecule has 1 aromatic carbocycles. The summed E-state index contributed by atoms with van der Waals surface area (Å²) in [6, 6.07) is 0. The van der Waals surface area contributed by atoms with Gasteiger partial charge in [-0.25, -0.2) is 0 Å². The van der Waals surface area contributed by atoms with Crippen LogP contribution in [-0.2, 0) is 6.42 Å². The first kappa shape index (κ1) is 25.5. The maximum atomic E-state index is 10.6. The van der Waals surface area contributed by atoms with Gasteiger partial charge in [-0.3, -0.25) is 0 Å². The van der Waals surface area contributed by atoms with E-state index in [0.29, 0.717) is 11.5 Å². The third-order valence-electron chi connectivity index (χ3n) is 6.51. The molecule has 0 aliphatic carbocycles. The van der Waals surface area contributed by atoms with Gasteiger partial charge in [0.2, 0.25) is 11.5 Å². The zero-order chi connectivity index (χ0) is 22.0. The molecule has 0 saturated carbocycles. The lowest BCUT2D eigenvalue weighted by atomic mass is 9.90. The number of benzene rings is 1. The third kappa shape index (κ3) is 7.64. The van der Waals surface area contributed by atoms with Crippen LogP contribution in [0.25, 0.3) is 0 Å². The highest BCUT2D eigenvalue weighted by atomic mass is 16.5. The molecule has 4 nitrogen and oxygen atoms in total. The molecule has 0 spiro atoms. The van der Waals surface area contributed by atoms with Crippen LogP contribution in [0, 0.1) is 24.7 Å². The predicted molar refractivity (Wildman–Crippen MR) is 121 cm³/mol. The molecule has 1 rings (SSSR count). The van der Waals surface area contributed by atoms with Crippen molar-refractivity contribution < 1.29 is 19.7 Å². The molecule has 0 heterocycles. The van der Waals surface area contributed by atoms with Gasteiger partial charge in [0, 0.05) is 11.1 Å². The first-order chi connectivity index (χ1) is 13.8. The van der Waals surface area contributed by atoms with Crippen molar-refractivity contribution in [3.63, 3.8) is 0 Å². The molecule has 0 aromatic heterocycles. The van der Waals surface area contributed by atoms with Crippen molar-refractivity contribution in [3.8, 4) is 23.0 Å². The molecule has 0 fully saturated rings. The van der Waals surface area contributed by atoms with Gasteiger partial charge in [0.15, 0.2) is 11.5 Å². The van der Waals surface area contributed by atoms with Gasteiger partial charge in [0.1, 0.15) is 0 Å². The highest BCUT2D eigenvalue weighted by Crippen LogP contribution is 2.48. The third-order valence-corrected chi connectivity index (χ3v) is 6.51. The first-order valence-electron chi connectivity index (χ1n) is 11.4. The lowest BCUT2D eigenvalue weighted by Crippen LogP contribution is -2.03. The topological polar surface area (TPSA) is 58.9 Å². The van der Waals surface area contributed by atoms with E-state index in [9.17, 15) is 10.2 Å². The molecule has 29 heavy (non-hydrogen) atoms. The summed E-state index contributed by atoms with van der Waals surface area (Å²) in [6.07, 6.45) is 10.8. The molecule has 168 valence electrons. The van der Waals surface area contributed by atoms with Gasteiger partial charge in [0.25, 0.3) is 0 Å². The normalized spacial score (nSPS) is 14.4. The van der Waals surface area contributed by atoms with Crippen LogP contribution in [0.15, 0.2) is 0 Å². The second kappa shape index (κ2) is 12.9. The number of ether oxygens (including phenoxy) is 2.